The minimum atomic E-state index is -0.115. The van der Waals surface area contributed by atoms with E-state index in [1.807, 2.05) is 6.08 Å². The van der Waals surface area contributed by atoms with Gasteiger partial charge in [-0.15, -0.1) is 0 Å². The minimum Gasteiger partial charge on any atom is -0.391 e. The molecule has 2 atom stereocenters. The smallest absolute Gasteiger partial charge is 0.142 e. The first-order chi connectivity index (χ1) is 8.76. The molecule has 0 saturated heterocycles. The number of oxime groups is 1. The molecular formula is C14H19NO3. The molecule has 2 rings (SSSR count). The zero-order valence-electron chi connectivity index (χ0n) is 10.7. The van der Waals surface area contributed by atoms with Crippen LogP contribution < -0.4 is 0 Å². The van der Waals surface area contributed by atoms with Gasteiger partial charge in [0.05, 0.1) is 5.71 Å². The van der Waals surface area contributed by atoms with Gasteiger partial charge in [-0.3, -0.25) is 4.79 Å². The second-order valence-corrected chi connectivity index (χ2v) is 4.89. The summed E-state index contributed by atoms with van der Waals surface area (Å²) < 4.78 is 0. The number of aldehydes is 1. The van der Waals surface area contributed by atoms with Gasteiger partial charge in [-0.25, -0.2) is 0 Å². The lowest BCUT2D eigenvalue weighted by Crippen LogP contribution is -2.26. The highest BCUT2D eigenvalue weighted by Crippen LogP contribution is 2.31. The molecule has 1 heterocycles. The third-order valence-corrected chi connectivity index (χ3v) is 3.59. The van der Waals surface area contributed by atoms with Crippen molar-refractivity contribution in [2.75, 3.05) is 0 Å². The van der Waals surface area contributed by atoms with E-state index in [9.17, 15) is 9.59 Å². The molecular weight excluding hydrogens is 230 g/mol. The van der Waals surface area contributed by atoms with Crippen LogP contribution in [-0.4, -0.2) is 23.9 Å². The van der Waals surface area contributed by atoms with Gasteiger partial charge in [-0.05, 0) is 18.4 Å². The summed E-state index contributed by atoms with van der Waals surface area (Å²) in [5, 5.41) is 4.16. The predicted octanol–water partition coefficient (Wildman–Crippen LogP) is 2.43. The normalized spacial score (nSPS) is 27.5. The number of allylic oxidation sites excluding steroid dienone is 2. The second kappa shape index (κ2) is 5.94. The molecule has 0 aromatic heterocycles. The fraction of sp³-hybridized carbons (Fsp3) is 0.643. The highest BCUT2D eigenvalue weighted by atomic mass is 16.6. The number of Topliss-reactive ketones (excluding diaryl/α,β-unsaturated/α-hetero) is 1. The van der Waals surface area contributed by atoms with Crippen LogP contribution in [0, 0.1) is 5.92 Å². The van der Waals surface area contributed by atoms with Gasteiger partial charge in [-0.2, -0.15) is 0 Å². The maximum absolute atomic E-state index is 11.2. The Morgan fingerprint density at radius 2 is 2.33 bits per heavy atom. The van der Waals surface area contributed by atoms with Crippen LogP contribution in [0.15, 0.2) is 16.8 Å². The summed E-state index contributed by atoms with van der Waals surface area (Å²) in [7, 11) is 0. The van der Waals surface area contributed by atoms with Gasteiger partial charge in [0, 0.05) is 25.2 Å². The molecule has 0 aromatic carbocycles. The monoisotopic (exact) mass is 249 g/mol. The molecule has 0 amide bonds. The van der Waals surface area contributed by atoms with E-state index in [-0.39, 0.29) is 17.8 Å². The first kappa shape index (κ1) is 13.0. The van der Waals surface area contributed by atoms with Crippen LogP contribution in [0.3, 0.4) is 0 Å². The first-order valence-corrected chi connectivity index (χ1v) is 6.64. The average molecular weight is 249 g/mol. The van der Waals surface area contributed by atoms with Crippen molar-refractivity contribution in [2.45, 2.75) is 51.6 Å². The number of hydrogen-bond donors (Lipinski definition) is 0. The molecule has 0 bridgehead atoms. The summed E-state index contributed by atoms with van der Waals surface area (Å²) in [6.07, 6.45) is 7.02. The third-order valence-electron chi connectivity index (χ3n) is 3.59. The quantitative estimate of drug-likeness (QED) is 0.703. The molecule has 2 aliphatic rings. The molecule has 0 spiro atoms. The van der Waals surface area contributed by atoms with Crippen LogP contribution in [0.25, 0.3) is 0 Å². The highest BCUT2D eigenvalue weighted by Gasteiger charge is 2.35. The lowest BCUT2D eigenvalue weighted by molar-refractivity contribution is -0.118. The van der Waals surface area contributed by atoms with Gasteiger partial charge in [0.2, 0.25) is 0 Å². The molecule has 1 aliphatic carbocycles. The van der Waals surface area contributed by atoms with Crippen molar-refractivity contribution in [3.05, 3.63) is 11.6 Å². The Labute approximate surface area is 107 Å². The van der Waals surface area contributed by atoms with E-state index in [1.54, 1.807) is 0 Å². The fourth-order valence-electron chi connectivity index (χ4n) is 2.62. The van der Waals surface area contributed by atoms with Crippen LogP contribution in [0.4, 0.5) is 0 Å². The van der Waals surface area contributed by atoms with Gasteiger partial charge in [0.15, 0.2) is 0 Å². The predicted molar refractivity (Wildman–Crippen MR) is 68.3 cm³/mol. The van der Waals surface area contributed by atoms with Crippen LogP contribution >= 0.6 is 0 Å². The van der Waals surface area contributed by atoms with Gasteiger partial charge < -0.3 is 9.63 Å². The van der Waals surface area contributed by atoms with Gasteiger partial charge in [0.25, 0.3) is 0 Å². The van der Waals surface area contributed by atoms with Gasteiger partial charge >= 0.3 is 0 Å². The first-order valence-electron chi connectivity index (χ1n) is 6.64. The van der Waals surface area contributed by atoms with Gasteiger partial charge in [0.1, 0.15) is 18.2 Å². The number of rotatable bonds is 5. The zero-order valence-corrected chi connectivity index (χ0v) is 10.7. The van der Waals surface area contributed by atoms with E-state index >= 15 is 0 Å². The molecule has 4 heteroatoms. The molecule has 0 saturated carbocycles. The van der Waals surface area contributed by atoms with Crippen LogP contribution in [0.1, 0.15) is 45.4 Å². The van der Waals surface area contributed by atoms with Crippen molar-refractivity contribution in [3.63, 3.8) is 0 Å². The number of ketones is 1. The number of carbonyl (C=O) groups is 2. The van der Waals surface area contributed by atoms with Crippen LogP contribution in [-0.2, 0) is 14.4 Å². The van der Waals surface area contributed by atoms with E-state index in [0.29, 0.717) is 19.3 Å². The van der Waals surface area contributed by atoms with E-state index in [0.717, 1.165) is 36.8 Å². The van der Waals surface area contributed by atoms with Crippen molar-refractivity contribution in [1.82, 2.24) is 0 Å². The lowest BCUT2D eigenvalue weighted by atomic mass is 9.83. The molecule has 2 unspecified atom stereocenters. The highest BCUT2D eigenvalue weighted by molar-refractivity contribution is 6.04. The number of hydrogen-bond acceptors (Lipinski definition) is 4. The molecule has 0 aromatic rings. The Hall–Kier alpha value is -1.45. The molecule has 0 radical (unpaired) electrons. The van der Waals surface area contributed by atoms with E-state index in [2.05, 4.69) is 12.1 Å². The Morgan fingerprint density at radius 3 is 2.94 bits per heavy atom. The maximum Gasteiger partial charge on any atom is 0.142 e. The van der Waals surface area contributed by atoms with Crippen molar-refractivity contribution in [3.8, 4) is 0 Å². The number of nitrogens with zero attached hydrogens (tertiary/aromatic N) is 1. The minimum absolute atomic E-state index is 0.115. The zero-order chi connectivity index (χ0) is 13.0. The maximum atomic E-state index is 11.2. The molecule has 1 aliphatic heterocycles. The van der Waals surface area contributed by atoms with Crippen molar-refractivity contribution < 1.29 is 14.4 Å². The molecule has 98 valence electrons. The average Bonchev–Trinajstić information content (AvgIpc) is 2.75. The van der Waals surface area contributed by atoms with Crippen LogP contribution in [0.2, 0.25) is 0 Å². The van der Waals surface area contributed by atoms with Crippen LogP contribution in [0.5, 0.6) is 0 Å². The summed E-state index contributed by atoms with van der Waals surface area (Å²) >= 11 is 0. The second-order valence-electron chi connectivity index (χ2n) is 4.89. The summed E-state index contributed by atoms with van der Waals surface area (Å²) in [4.78, 5) is 27.3. The van der Waals surface area contributed by atoms with Crippen molar-refractivity contribution >= 4 is 17.8 Å². The largest absolute Gasteiger partial charge is 0.391 e. The Morgan fingerprint density at radius 1 is 1.50 bits per heavy atom. The molecule has 4 nitrogen and oxygen atoms in total. The standard InChI is InChI=1S/C14H19NO3/c1-2-3-12-13(8-9-16)18-15-14(12)10-4-6-11(17)7-5-10/h4,9,12-13H,2-3,5-8H2,1H3. The molecule has 18 heavy (non-hydrogen) atoms. The van der Waals surface area contributed by atoms with Crippen molar-refractivity contribution in [1.29, 1.82) is 0 Å². The van der Waals surface area contributed by atoms with Crippen molar-refractivity contribution in [2.24, 2.45) is 11.1 Å². The summed E-state index contributed by atoms with van der Waals surface area (Å²) in [6.45, 7) is 2.12. The lowest BCUT2D eigenvalue weighted by Gasteiger charge is -2.19. The summed E-state index contributed by atoms with van der Waals surface area (Å²) in [6, 6.07) is 0. The topological polar surface area (TPSA) is 55.7 Å². The Kier molecular flexibility index (Phi) is 4.28. The summed E-state index contributed by atoms with van der Waals surface area (Å²) in [5.41, 5.74) is 2.11. The van der Waals surface area contributed by atoms with E-state index < -0.39 is 0 Å². The number of carbonyl (C=O) groups excluding carboxylic acids is 2. The van der Waals surface area contributed by atoms with Gasteiger partial charge in [-0.1, -0.05) is 24.6 Å². The Bertz CT molecular complexity index is 398. The third kappa shape index (κ3) is 2.68. The van der Waals surface area contributed by atoms with E-state index in [1.165, 1.54) is 0 Å². The molecule has 0 N–H and O–H groups in total. The molecule has 0 fully saturated rings. The fourth-order valence-corrected chi connectivity index (χ4v) is 2.62. The Balaban J connectivity index is 2.11. The summed E-state index contributed by atoms with van der Waals surface area (Å²) in [5.74, 6) is 0.495. The SMILES string of the molecule is CCCC1C(C2=CCC(=O)CC2)=NOC1CC=O. The van der Waals surface area contributed by atoms with E-state index in [4.69, 9.17) is 4.84 Å².